The van der Waals surface area contributed by atoms with Crippen LogP contribution in [0.4, 0.5) is 5.69 Å². The van der Waals surface area contributed by atoms with E-state index in [4.69, 9.17) is 11.6 Å². The topological polar surface area (TPSA) is 89.8 Å². The number of para-hydroxylation sites is 1. The monoisotopic (exact) mass is 355 g/mol. The van der Waals surface area contributed by atoms with E-state index in [2.05, 4.69) is 20.7 Å². The first-order valence-electron chi connectivity index (χ1n) is 7.46. The molecule has 0 fully saturated rings. The third-order valence-electron chi connectivity index (χ3n) is 3.40. The van der Waals surface area contributed by atoms with Crippen LogP contribution in [-0.2, 0) is 11.3 Å². The van der Waals surface area contributed by atoms with Gasteiger partial charge in [0, 0.05) is 16.1 Å². The van der Waals surface area contributed by atoms with Gasteiger partial charge in [-0.3, -0.25) is 9.59 Å². The number of Topliss-reactive ketones (excluding diaryl/α,β-unsaturated/α-hetero) is 1. The molecule has 1 N–H and O–H groups in total. The molecule has 3 rings (SSSR count). The SMILES string of the molecule is CC(=O)c1ccccc1NC(=O)Cn1nnc(-c2cccc(Cl)c2)n1. The zero-order valence-electron chi connectivity index (χ0n) is 13.3. The van der Waals surface area contributed by atoms with Gasteiger partial charge in [-0.2, -0.15) is 4.80 Å². The third-order valence-corrected chi connectivity index (χ3v) is 3.64. The molecule has 0 unspecified atom stereocenters. The first-order chi connectivity index (χ1) is 12.0. The molecular weight excluding hydrogens is 342 g/mol. The number of nitrogens with zero attached hydrogens (tertiary/aromatic N) is 4. The smallest absolute Gasteiger partial charge is 0.248 e. The second-order valence-corrected chi connectivity index (χ2v) is 5.74. The minimum Gasteiger partial charge on any atom is -0.324 e. The number of benzene rings is 2. The van der Waals surface area contributed by atoms with Crippen molar-refractivity contribution in [2.75, 3.05) is 5.32 Å². The summed E-state index contributed by atoms with van der Waals surface area (Å²) in [5.41, 5.74) is 1.61. The Labute approximate surface area is 148 Å². The zero-order valence-corrected chi connectivity index (χ0v) is 14.1. The number of aromatic nitrogens is 4. The van der Waals surface area contributed by atoms with Gasteiger partial charge in [0.05, 0.1) is 5.69 Å². The molecule has 0 saturated heterocycles. The zero-order chi connectivity index (χ0) is 17.8. The van der Waals surface area contributed by atoms with Crippen molar-refractivity contribution in [1.82, 2.24) is 20.2 Å². The molecule has 0 aliphatic heterocycles. The Morgan fingerprint density at radius 3 is 2.72 bits per heavy atom. The number of carbonyl (C=O) groups excluding carboxylic acids is 2. The summed E-state index contributed by atoms with van der Waals surface area (Å²) in [4.78, 5) is 25.0. The van der Waals surface area contributed by atoms with Gasteiger partial charge in [0.1, 0.15) is 6.54 Å². The van der Waals surface area contributed by atoms with Gasteiger partial charge in [0.2, 0.25) is 11.7 Å². The minimum absolute atomic E-state index is 0.125. The minimum atomic E-state index is -0.358. The number of halogens is 1. The molecular formula is C17H14ClN5O2. The Morgan fingerprint density at radius 2 is 1.96 bits per heavy atom. The molecule has 0 aliphatic rings. The fourth-order valence-electron chi connectivity index (χ4n) is 2.27. The summed E-state index contributed by atoms with van der Waals surface area (Å²) in [6.45, 7) is 1.32. The Kier molecular flexibility index (Phi) is 4.85. The molecule has 1 aromatic heterocycles. The van der Waals surface area contributed by atoms with Gasteiger partial charge in [0.15, 0.2) is 5.78 Å². The number of hydrogen-bond donors (Lipinski definition) is 1. The van der Waals surface area contributed by atoms with Crippen molar-refractivity contribution in [1.29, 1.82) is 0 Å². The first kappa shape index (κ1) is 16.8. The lowest BCUT2D eigenvalue weighted by Gasteiger charge is -2.08. The number of rotatable bonds is 5. The summed E-state index contributed by atoms with van der Waals surface area (Å²) >= 11 is 5.94. The summed E-state index contributed by atoms with van der Waals surface area (Å²) in [7, 11) is 0. The number of carbonyl (C=O) groups is 2. The lowest BCUT2D eigenvalue weighted by Crippen LogP contribution is -2.21. The third kappa shape index (κ3) is 4.07. The van der Waals surface area contributed by atoms with Gasteiger partial charge in [0.25, 0.3) is 0 Å². The van der Waals surface area contributed by atoms with Crippen molar-refractivity contribution in [2.45, 2.75) is 13.5 Å². The van der Waals surface area contributed by atoms with E-state index >= 15 is 0 Å². The summed E-state index contributed by atoms with van der Waals surface area (Å²) in [6.07, 6.45) is 0. The van der Waals surface area contributed by atoms with E-state index in [-0.39, 0.29) is 18.2 Å². The van der Waals surface area contributed by atoms with Gasteiger partial charge < -0.3 is 5.32 Å². The van der Waals surface area contributed by atoms with E-state index in [1.165, 1.54) is 11.7 Å². The number of amides is 1. The van der Waals surface area contributed by atoms with Gasteiger partial charge >= 0.3 is 0 Å². The van der Waals surface area contributed by atoms with Crippen molar-refractivity contribution in [3.63, 3.8) is 0 Å². The first-order valence-corrected chi connectivity index (χ1v) is 7.84. The predicted octanol–water partition coefficient (Wildman–Crippen LogP) is 2.83. The molecule has 0 spiro atoms. The van der Waals surface area contributed by atoms with E-state index in [1.807, 2.05) is 0 Å². The summed E-state index contributed by atoms with van der Waals surface area (Å²) < 4.78 is 0. The van der Waals surface area contributed by atoms with Crippen LogP contribution in [0.25, 0.3) is 11.4 Å². The molecule has 7 nitrogen and oxygen atoms in total. The fourth-order valence-corrected chi connectivity index (χ4v) is 2.46. The molecule has 1 amide bonds. The molecule has 0 aliphatic carbocycles. The van der Waals surface area contributed by atoms with Crippen molar-refractivity contribution < 1.29 is 9.59 Å². The highest BCUT2D eigenvalue weighted by Gasteiger charge is 2.12. The Morgan fingerprint density at radius 1 is 1.16 bits per heavy atom. The van der Waals surface area contributed by atoms with Gasteiger partial charge in [-0.15, -0.1) is 10.2 Å². The predicted molar refractivity (Wildman–Crippen MR) is 93.3 cm³/mol. The number of anilines is 1. The highest BCUT2D eigenvalue weighted by molar-refractivity contribution is 6.30. The maximum absolute atomic E-state index is 12.2. The summed E-state index contributed by atoms with van der Waals surface area (Å²) in [5, 5.41) is 15.2. The maximum atomic E-state index is 12.2. The van der Waals surface area contributed by atoms with Crippen LogP contribution in [0.3, 0.4) is 0 Å². The van der Waals surface area contributed by atoms with E-state index in [0.29, 0.717) is 27.7 Å². The van der Waals surface area contributed by atoms with E-state index in [1.54, 1.807) is 48.5 Å². The fraction of sp³-hybridized carbons (Fsp3) is 0.118. The van der Waals surface area contributed by atoms with Crippen LogP contribution < -0.4 is 5.32 Å². The Bertz CT molecular complexity index is 938. The average Bonchev–Trinajstić information content (AvgIpc) is 3.03. The molecule has 0 saturated carbocycles. The number of hydrogen-bond acceptors (Lipinski definition) is 5. The molecule has 0 radical (unpaired) electrons. The van der Waals surface area contributed by atoms with Crippen LogP contribution in [-0.4, -0.2) is 31.9 Å². The van der Waals surface area contributed by atoms with Crippen molar-refractivity contribution in [3.8, 4) is 11.4 Å². The number of tetrazole rings is 1. The van der Waals surface area contributed by atoms with E-state index < -0.39 is 0 Å². The Balaban J connectivity index is 1.71. The molecule has 2 aromatic carbocycles. The van der Waals surface area contributed by atoms with E-state index in [9.17, 15) is 9.59 Å². The number of ketones is 1. The molecule has 25 heavy (non-hydrogen) atoms. The van der Waals surface area contributed by atoms with Gasteiger partial charge in [-0.05, 0) is 36.4 Å². The van der Waals surface area contributed by atoms with Crippen LogP contribution in [0.2, 0.25) is 5.02 Å². The van der Waals surface area contributed by atoms with Crippen molar-refractivity contribution in [3.05, 3.63) is 59.1 Å². The summed E-state index contributed by atoms with van der Waals surface area (Å²) in [5.74, 6) is -0.110. The number of nitrogens with one attached hydrogen (secondary N) is 1. The molecule has 126 valence electrons. The average molecular weight is 356 g/mol. The molecule has 1 heterocycles. The van der Waals surface area contributed by atoms with Crippen molar-refractivity contribution in [2.24, 2.45) is 0 Å². The highest BCUT2D eigenvalue weighted by atomic mass is 35.5. The maximum Gasteiger partial charge on any atom is 0.248 e. The van der Waals surface area contributed by atoms with Gasteiger partial charge in [-0.1, -0.05) is 35.9 Å². The highest BCUT2D eigenvalue weighted by Crippen LogP contribution is 2.18. The van der Waals surface area contributed by atoms with Crippen LogP contribution in [0, 0.1) is 0 Å². The largest absolute Gasteiger partial charge is 0.324 e. The van der Waals surface area contributed by atoms with Crippen LogP contribution >= 0.6 is 11.6 Å². The van der Waals surface area contributed by atoms with Crippen molar-refractivity contribution >= 4 is 29.0 Å². The van der Waals surface area contributed by atoms with Crippen LogP contribution in [0.1, 0.15) is 17.3 Å². The standard InChI is InChI=1S/C17H14ClN5O2/c1-11(24)14-7-2-3-8-15(14)19-16(25)10-23-21-17(20-22-23)12-5-4-6-13(18)9-12/h2-9H,10H2,1H3,(H,19,25). The molecule has 8 heteroatoms. The molecule has 0 atom stereocenters. The quantitative estimate of drug-likeness (QED) is 0.711. The second kappa shape index (κ2) is 7.23. The van der Waals surface area contributed by atoms with E-state index in [0.717, 1.165) is 0 Å². The normalized spacial score (nSPS) is 10.5. The Hall–Kier alpha value is -3.06. The van der Waals surface area contributed by atoms with Gasteiger partial charge in [-0.25, -0.2) is 0 Å². The lowest BCUT2D eigenvalue weighted by atomic mass is 10.1. The molecule has 3 aromatic rings. The van der Waals surface area contributed by atoms with Crippen LogP contribution in [0.15, 0.2) is 48.5 Å². The van der Waals surface area contributed by atoms with Crippen LogP contribution in [0.5, 0.6) is 0 Å². The lowest BCUT2D eigenvalue weighted by molar-refractivity contribution is -0.117. The summed E-state index contributed by atoms with van der Waals surface area (Å²) in [6, 6.07) is 13.8. The second-order valence-electron chi connectivity index (χ2n) is 5.30. The molecule has 0 bridgehead atoms.